The van der Waals surface area contributed by atoms with E-state index in [9.17, 15) is 8.42 Å². The third-order valence-corrected chi connectivity index (χ3v) is 7.88. The molecule has 0 aliphatic heterocycles. The van der Waals surface area contributed by atoms with Crippen LogP contribution in [0.5, 0.6) is 0 Å². The third-order valence-electron chi connectivity index (χ3n) is 4.99. The van der Waals surface area contributed by atoms with E-state index < -0.39 is 10.0 Å². The zero-order chi connectivity index (χ0) is 22.9. The maximum absolute atomic E-state index is 12.8. The van der Waals surface area contributed by atoms with Gasteiger partial charge in [0.05, 0.1) is 10.6 Å². The Balaban J connectivity index is 1.52. The first-order chi connectivity index (χ1) is 15.3. The van der Waals surface area contributed by atoms with Gasteiger partial charge >= 0.3 is 0 Å². The summed E-state index contributed by atoms with van der Waals surface area (Å²) in [5, 5.41) is 8.56. The molecule has 0 atom stereocenters. The summed E-state index contributed by atoms with van der Waals surface area (Å²) in [6.45, 7) is 8.39. The molecule has 0 radical (unpaired) electrons. The first-order valence-electron chi connectivity index (χ1n) is 10.2. The molecule has 0 unspecified atom stereocenters. The molecule has 4 rings (SSSR count). The summed E-state index contributed by atoms with van der Waals surface area (Å²) in [5.41, 5.74) is 3.39. The Kier molecular flexibility index (Phi) is 6.31. The maximum Gasteiger partial charge on any atom is 0.277 e. The lowest BCUT2D eigenvalue weighted by Crippen LogP contribution is -2.30. The Morgan fingerprint density at radius 1 is 1.09 bits per heavy atom. The highest BCUT2D eigenvalue weighted by Crippen LogP contribution is 2.27. The van der Waals surface area contributed by atoms with E-state index in [1.807, 2.05) is 44.4 Å². The van der Waals surface area contributed by atoms with Crippen molar-refractivity contribution in [3.05, 3.63) is 53.6 Å². The van der Waals surface area contributed by atoms with Gasteiger partial charge in [-0.2, -0.15) is 4.31 Å². The monoisotopic (exact) mass is 472 g/mol. The van der Waals surface area contributed by atoms with Crippen LogP contribution in [0.3, 0.4) is 0 Å². The first-order valence-corrected chi connectivity index (χ1v) is 12.6. The first kappa shape index (κ1) is 22.4. The fraction of sp³-hybridized carbons (Fsp3) is 0.333. The number of fused-ring (bicyclic) bond motifs is 1. The Labute approximate surface area is 191 Å². The number of sulfonamides is 1. The van der Waals surface area contributed by atoms with Crippen molar-refractivity contribution in [2.45, 2.75) is 43.6 Å². The van der Waals surface area contributed by atoms with E-state index in [-0.39, 0.29) is 10.8 Å². The number of thioether (sulfide) groups is 1. The molecule has 11 heteroatoms. The summed E-state index contributed by atoms with van der Waals surface area (Å²) in [4.78, 5) is 9.21. The molecule has 32 heavy (non-hydrogen) atoms. The van der Waals surface area contributed by atoms with Gasteiger partial charge in [-0.15, -0.1) is 10.2 Å². The van der Waals surface area contributed by atoms with Crippen LogP contribution in [-0.4, -0.2) is 50.4 Å². The molecule has 0 spiro atoms. The average molecular weight is 473 g/mol. The van der Waals surface area contributed by atoms with Gasteiger partial charge in [0.1, 0.15) is 0 Å². The van der Waals surface area contributed by atoms with Gasteiger partial charge < -0.3 is 4.42 Å². The SMILES string of the molecule is CCN(CC)S(=O)(=O)c1cccc(-c2nnc(SCc3cn4c(C)cc(C)nc4n3)o2)c1. The second-order valence-electron chi connectivity index (χ2n) is 7.22. The van der Waals surface area contributed by atoms with Crippen molar-refractivity contribution in [1.82, 2.24) is 28.9 Å². The van der Waals surface area contributed by atoms with Crippen LogP contribution in [0, 0.1) is 13.8 Å². The number of aromatic nitrogens is 5. The number of hydrogen-bond donors (Lipinski definition) is 0. The minimum Gasteiger partial charge on any atom is -0.411 e. The van der Waals surface area contributed by atoms with Gasteiger partial charge in [0, 0.05) is 42.0 Å². The molecule has 9 nitrogen and oxygen atoms in total. The van der Waals surface area contributed by atoms with Crippen molar-refractivity contribution in [1.29, 1.82) is 0 Å². The Bertz CT molecular complexity index is 1360. The second kappa shape index (κ2) is 9.00. The van der Waals surface area contributed by atoms with Crippen molar-refractivity contribution in [3.8, 4) is 11.5 Å². The molecule has 1 aromatic carbocycles. The van der Waals surface area contributed by atoms with Crippen LogP contribution in [0.1, 0.15) is 30.9 Å². The predicted molar refractivity (Wildman–Crippen MR) is 122 cm³/mol. The van der Waals surface area contributed by atoms with E-state index in [0.717, 1.165) is 17.1 Å². The van der Waals surface area contributed by atoms with Crippen LogP contribution in [0.2, 0.25) is 0 Å². The standard InChI is InChI=1S/C21H24N6O3S2/c1-5-26(6-2)32(28,29)18-9-7-8-16(11-18)19-24-25-21(30-19)31-13-17-12-27-15(4)10-14(3)22-20(27)23-17/h7-12H,5-6,13H2,1-4H3. The average Bonchev–Trinajstić information content (AvgIpc) is 3.40. The van der Waals surface area contributed by atoms with Crippen LogP contribution in [0.25, 0.3) is 17.2 Å². The molecule has 0 N–H and O–H groups in total. The summed E-state index contributed by atoms with van der Waals surface area (Å²) in [7, 11) is -3.57. The molecule has 0 fully saturated rings. The highest BCUT2D eigenvalue weighted by Gasteiger charge is 2.22. The molecule has 0 bridgehead atoms. The topological polar surface area (TPSA) is 106 Å². The molecule has 0 amide bonds. The summed E-state index contributed by atoms with van der Waals surface area (Å²) in [6.07, 6.45) is 1.95. The van der Waals surface area contributed by atoms with Crippen molar-refractivity contribution >= 4 is 27.6 Å². The van der Waals surface area contributed by atoms with Crippen molar-refractivity contribution in [3.63, 3.8) is 0 Å². The Morgan fingerprint density at radius 2 is 1.88 bits per heavy atom. The lowest BCUT2D eigenvalue weighted by atomic mass is 10.2. The lowest BCUT2D eigenvalue weighted by Gasteiger charge is -2.18. The molecular formula is C21H24N6O3S2. The van der Waals surface area contributed by atoms with Crippen LogP contribution >= 0.6 is 11.8 Å². The minimum atomic E-state index is -3.57. The van der Waals surface area contributed by atoms with Crippen molar-refractivity contribution in [2.75, 3.05) is 13.1 Å². The van der Waals surface area contributed by atoms with E-state index in [1.165, 1.54) is 16.1 Å². The normalized spacial score (nSPS) is 12.2. The molecule has 3 aromatic heterocycles. The largest absolute Gasteiger partial charge is 0.411 e. The van der Waals surface area contributed by atoms with Gasteiger partial charge in [-0.25, -0.2) is 18.4 Å². The molecule has 0 saturated carbocycles. The zero-order valence-electron chi connectivity index (χ0n) is 18.3. The van der Waals surface area contributed by atoms with E-state index in [2.05, 4.69) is 20.2 Å². The summed E-state index contributed by atoms with van der Waals surface area (Å²) in [6, 6.07) is 8.57. The van der Waals surface area contributed by atoms with E-state index in [1.54, 1.807) is 24.3 Å². The summed E-state index contributed by atoms with van der Waals surface area (Å²) >= 11 is 1.37. The maximum atomic E-state index is 12.8. The zero-order valence-corrected chi connectivity index (χ0v) is 19.9. The van der Waals surface area contributed by atoms with E-state index in [0.29, 0.717) is 35.4 Å². The van der Waals surface area contributed by atoms with Crippen LogP contribution in [-0.2, 0) is 15.8 Å². The lowest BCUT2D eigenvalue weighted by molar-refractivity contribution is 0.445. The molecule has 0 aliphatic carbocycles. The van der Waals surface area contributed by atoms with Crippen molar-refractivity contribution < 1.29 is 12.8 Å². The molecular weight excluding hydrogens is 448 g/mol. The van der Waals surface area contributed by atoms with Gasteiger partial charge in [-0.05, 0) is 38.1 Å². The number of imidazole rings is 1. The molecule has 168 valence electrons. The molecule has 4 aromatic rings. The predicted octanol–water partition coefficient (Wildman–Crippen LogP) is 3.72. The molecule has 0 aliphatic rings. The van der Waals surface area contributed by atoms with E-state index >= 15 is 0 Å². The quantitative estimate of drug-likeness (QED) is 0.357. The number of hydrogen-bond acceptors (Lipinski definition) is 8. The number of aryl methyl sites for hydroxylation is 2. The van der Waals surface area contributed by atoms with Gasteiger partial charge in [0.2, 0.25) is 21.7 Å². The molecule has 3 heterocycles. The van der Waals surface area contributed by atoms with E-state index in [4.69, 9.17) is 4.42 Å². The fourth-order valence-corrected chi connectivity index (χ4v) is 5.56. The number of nitrogens with zero attached hydrogens (tertiary/aromatic N) is 6. The van der Waals surface area contributed by atoms with Crippen LogP contribution in [0.4, 0.5) is 0 Å². The fourth-order valence-electron chi connectivity index (χ4n) is 3.41. The molecule has 0 saturated heterocycles. The Morgan fingerprint density at radius 3 is 2.62 bits per heavy atom. The number of rotatable bonds is 8. The smallest absolute Gasteiger partial charge is 0.277 e. The van der Waals surface area contributed by atoms with Gasteiger partial charge in [-0.1, -0.05) is 31.7 Å². The van der Waals surface area contributed by atoms with Crippen molar-refractivity contribution in [2.24, 2.45) is 0 Å². The van der Waals surface area contributed by atoms with Gasteiger partial charge in [-0.3, -0.25) is 4.40 Å². The highest BCUT2D eigenvalue weighted by molar-refractivity contribution is 7.98. The van der Waals surface area contributed by atoms with Gasteiger partial charge in [0.15, 0.2) is 0 Å². The number of benzene rings is 1. The highest BCUT2D eigenvalue weighted by atomic mass is 32.2. The third kappa shape index (κ3) is 4.41. The van der Waals surface area contributed by atoms with Crippen LogP contribution in [0.15, 0.2) is 51.1 Å². The second-order valence-corrected chi connectivity index (χ2v) is 10.1. The van der Waals surface area contributed by atoms with Gasteiger partial charge in [0.25, 0.3) is 5.22 Å². The Hall–Kier alpha value is -2.76. The summed E-state index contributed by atoms with van der Waals surface area (Å²) in [5.74, 6) is 1.47. The summed E-state index contributed by atoms with van der Waals surface area (Å²) < 4.78 is 34.7. The minimum absolute atomic E-state index is 0.203. The van der Waals surface area contributed by atoms with Crippen LogP contribution < -0.4 is 0 Å².